The number of rotatable bonds is 0. The lowest BCUT2D eigenvalue weighted by atomic mass is 9.96. The van der Waals surface area contributed by atoms with E-state index < -0.39 is 0 Å². The van der Waals surface area contributed by atoms with Crippen LogP contribution in [0.25, 0.3) is 0 Å². The number of hydrogen-bond acceptors (Lipinski definition) is 2. The summed E-state index contributed by atoms with van der Waals surface area (Å²) in [6, 6.07) is 0. The highest BCUT2D eigenvalue weighted by molar-refractivity contribution is 6.54. The first-order chi connectivity index (χ1) is 5.70. The molecule has 0 aromatic rings. The fraction of sp³-hybridized carbons (Fsp3) is 0.400. The molecule has 0 atom stereocenters. The predicted octanol–water partition coefficient (Wildman–Crippen LogP) is 2.03. The minimum absolute atomic E-state index is 1.01. The van der Waals surface area contributed by atoms with Crippen LogP contribution in [0.3, 0.4) is 0 Å². The van der Waals surface area contributed by atoms with Gasteiger partial charge in [0.2, 0.25) is 0 Å². The number of aliphatic imine (C=N–C) groups is 2. The Hall–Kier alpha value is -1.18. The van der Waals surface area contributed by atoms with Crippen LogP contribution < -0.4 is 0 Å². The van der Waals surface area contributed by atoms with Crippen LogP contribution in [-0.2, 0) is 0 Å². The Morgan fingerprint density at radius 3 is 1.42 bits per heavy atom. The minimum Gasteiger partial charge on any atom is -0.286 e. The summed E-state index contributed by atoms with van der Waals surface area (Å²) in [5.74, 6) is 0. The van der Waals surface area contributed by atoms with Gasteiger partial charge in [-0.05, 0) is 25.0 Å². The Morgan fingerprint density at radius 2 is 1.17 bits per heavy atom. The van der Waals surface area contributed by atoms with E-state index in [-0.39, 0.29) is 0 Å². The first kappa shape index (κ1) is 8.91. The van der Waals surface area contributed by atoms with Gasteiger partial charge >= 0.3 is 0 Å². The first-order valence-electron chi connectivity index (χ1n) is 4.00. The molecule has 0 radical (unpaired) electrons. The van der Waals surface area contributed by atoms with Crippen molar-refractivity contribution in [1.29, 1.82) is 0 Å². The highest BCUT2D eigenvalue weighted by Crippen LogP contribution is 2.13. The van der Waals surface area contributed by atoms with Crippen LogP contribution in [0.4, 0.5) is 0 Å². The molecule has 0 aliphatic heterocycles. The maximum atomic E-state index is 4.21. The van der Waals surface area contributed by atoms with Crippen LogP contribution in [0.2, 0.25) is 0 Å². The summed E-state index contributed by atoms with van der Waals surface area (Å²) in [4.78, 5) is 8.42. The van der Waals surface area contributed by atoms with E-state index in [0.29, 0.717) is 0 Å². The molecule has 0 amide bonds. The molecule has 12 heavy (non-hydrogen) atoms. The lowest BCUT2D eigenvalue weighted by Gasteiger charge is -2.13. The summed E-state index contributed by atoms with van der Waals surface area (Å²) in [5, 5.41) is 0. The fourth-order valence-electron chi connectivity index (χ4n) is 1.35. The summed E-state index contributed by atoms with van der Waals surface area (Å²) >= 11 is 0. The van der Waals surface area contributed by atoms with E-state index in [1.807, 2.05) is 0 Å². The van der Waals surface area contributed by atoms with E-state index in [1.165, 1.54) is 11.1 Å². The lowest BCUT2D eigenvalue weighted by Crippen LogP contribution is -2.19. The molecular formula is C10H14N2. The largest absolute Gasteiger partial charge is 0.286 e. The van der Waals surface area contributed by atoms with Gasteiger partial charge in [0, 0.05) is 14.1 Å². The zero-order valence-electron chi connectivity index (χ0n) is 8.05. The van der Waals surface area contributed by atoms with Crippen LogP contribution in [-0.4, -0.2) is 25.5 Å². The zero-order chi connectivity index (χ0) is 9.14. The molecule has 1 rings (SSSR count). The summed E-state index contributed by atoms with van der Waals surface area (Å²) < 4.78 is 0. The van der Waals surface area contributed by atoms with Crippen LogP contribution in [0.15, 0.2) is 33.3 Å². The number of nitrogens with zero attached hydrogens (tertiary/aromatic N) is 2. The van der Waals surface area contributed by atoms with E-state index in [4.69, 9.17) is 0 Å². The van der Waals surface area contributed by atoms with Gasteiger partial charge in [0.1, 0.15) is 0 Å². The summed E-state index contributed by atoms with van der Waals surface area (Å²) in [5.41, 5.74) is 4.39. The third kappa shape index (κ3) is 1.37. The normalized spacial score (nSPS) is 24.3. The monoisotopic (exact) mass is 162 g/mol. The van der Waals surface area contributed by atoms with E-state index in [0.717, 1.165) is 11.4 Å². The number of allylic oxidation sites excluding steroid dienone is 4. The molecule has 0 fully saturated rings. The molecule has 0 N–H and O–H groups in total. The van der Waals surface area contributed by atoms with E-state index in [1.54, 1.807) is 14.1 Å². The maximum absolute atomic E-state index is 4.21. The van der Waals surface area contributed by atoms with Crippen molar-refractivity contribution in [2.75, 3.05) is 14.1 Å². The summed E-state index contributed by atoms with van der Waals surface area (Å²) in [6.45, 7) is 4.10. The first-order valence-corrected chi connectivity index (χ1v) is 4.00. The van der Waals surface area contributed by atoms with E-state index >= 15 is 0 Å². The van der Waals surface area contributed by atoms with E-state index in [9.17, 15) is 0 Å². The molecule has 0 aromatic carbocycles. The van der Waals surface area contributed by atoms with Gasteiger partial charge in [0.25, 0.3) is 0 Å². The fourth-order valence-corrected chi connectivity index (χ4v) is 1.35. The zero-order valence-corrected chi connectivity index (χ0v) is 8.05. The van der Waals surface area contributed by atoms with Crippen molar-refractivity contribution in [2.45, 2.75) is 13.8 Å². The van der Waals surface area contributed by atoms with Crippen LogP contribution >= 0.6 is 0 Å². The number of hydrogen-bond donors (Lipinski definition) is 0. The van der Waals surface area contributed by atoms with Crippen molar-refractivity contribution < 1.29 is 0 Å². The molecule has 0 heterocycles. The molecule has 0 spiro atoms. The quantitative estimate of drug-likeness (QED) is 0.487. The van der Waals surface area contributed by atoms with Crippen LogP contribution in [0, 0.1) is 0 Å². The summed E-state index contributed by atoms with van der Waals surface area (Å²) in [6.07, 6.45) is 4.15. The smallest absolute Gasteiger partial charge is 0.0854 e. The molecule has 1 aliphatic carbocycles. The molecule has 2 nitrogen and oxygen atoms in total. The SMILES string of the molecule is CN=C1C(C)=CC=C(C)C1=NC. The van der Waals surface area contributed by atoms with Crippen molar-refractivity contribution in [3.05, 3.63) is 23.3 Å². The Balaban J connectivity index is 3.20. The topological polar surface area (TPSA) is 24.7 Å². The lowest BCUT2D eigenvalue weighted by molar-refractivity contribution is 1.36. The Bertz CT molecular complexity index is 272. The molecule has 64 valence electrons. The van der Waals surface area contributed by atoms with Crippen molar-refractivity contribution in [2.24, 2.45) is 9.98 Å². The predicted molar refractivity (Wildman–Crippen MR) is 54.2 cm³/mol. The average molecular weight is 162 g/mol. The van der Waals surface area contributed by atoms with Crippen LogP contribution in [0.5, 0.6) is 0 Å². The molecule has 0 saturated heterocycles. The second-order valence-electron chi connectivity index (χ2n) is 2.84. The van der Waals surface area contributed by atoms with Crippen molar-refractivity contribution in [1.82, 2.24) is 0 Å². The summed E-state index contributed by atoms with van der Waals surface area (Å²) in [7, 11) is 3.60. The highest BCUT2D eigenvalue weighted by atomic mass is 14.8. The standard InChI is InChI=1S/C10H14N2/c1-7-5-6-8(2)10(12-4)9(7)11-3/h5-6H,1-4H3. The Kier molecular flexibility index (Phi) is 2.58. The Labute approximate surface area is 73.4 Å². The molecular weight excluding hydrogens is 148 g/mol. The third-order valence-electron chi connectivity index (χ3n) is 2.00. The average Bonchev–Trinajstić information content (AvgIpc) is 2.08. The molecule has 1 aliphatic rings. The van der Waals surface area contributed by atoms with Crippen molar-refractivity contribution in [3.63, 3.8) is 0 Å². The van der Waals surface area contributed by atoms with Gasteiger partial charge in [-0.2, -0.15) is 0 Å². The molecule has 0 saturated carbocycles. The maximum Gasteiger partial charge on any atom is 0.0854 e. The van der Waals surface area contributed by atoms with Gasteiger partial charge in [-0.25, -0.2) is 0 Å². The van der Waals surface area contributed by atoms with Gasteiger partial charge in [-0.1, -0.05) is 12.2 Å². The third-order valence-corrected chi connectivity index (χ3v) is 2.00. The van der Waals surface area contributed by atoms with Crippen molar-refractivity contribution >= 4 is 11.4 Å². The van der Waals surface area contributed by atoms with Crippen molar-refractivity contribution in [3.8, 4) is 0 Å². The van der Waals surface area contributed by atoms with Gasteiger partial charge < -0.3 is 0 Å². The van der Waals surface area contributed by atoms with Gasteiger partial charge in [0.05, 0.1) is 11.4 Å². The molecule has 0 unspecified atom stereocenters. The minimum atomic E-state index is 1.01. The van der Waals surface area contributed by atoms with Crippen LogP contribution in [0.1, 0.15) is 13.8 Å². The Morgan fingerprint density at radius 1 is 0.833 bits per heavy atom. The molecule has 0 aromatic heterocycles. The van der Waals surface area contributed by atoms with Gasteiger partial charge in [-0.3, -0.25) is 9.98 Å². The van der Waals surface area contributed by atoms with Gasteiger partial charge in [-0.15, -0.1) is 0 Å². The second-order valence-corrected chi connectivity index (χ2v) is 2.84. The highest BCUT2D eigenvalue weighted by Gasteiger charge is 2.14. The second kappa shape index (κ2) is 3.48. The van der Waals surface area contributed by atoms with Gasteiger partial charge in [0.15, 0.2) is 0 Å². The molecule has 0 bridgehead atoms. The van der Waals surface area contributed by atoms with E-state index in [2.05, 4.69) is 36.0 Å². The molecule has 2 heteroatoms.